The molecule has 100 valence electrons. The molecule has 0 atom stereocenters. The van der Waals surface area contributed by atoms with Crippen LogP contribution in [0.2, 0.25) is 0 Å². The molecule has 0 spiro atoms. The molecule has 1 aromatic carbocycles. The van der Waals surface area contributed by atoms with Crippen molar-refractivity contribution in [2.24, 2.45) is 0 Å². The molecule has 0 saturated carbocycles. The van der Waals surface area contributed by atoms with Crippen molar-refractivity contribution in [2.75, 3.05) is 12.3 Å². The number of anilines is 1. The zero-order valence-electron chi connectivity index (χ0n) is 11.1. The number of ether oxygens (including phenoxy) is 1. The van der Waals surface area contributed by atoms with Crippen LogP contribution < -0.4 is 15.8 Å². The summed E-state index contributed by atoms with van der Waals surface area (Å²) in [6.07, 6.45) is 0. The highest BCUT2D eigenvalue weighted by molar-refractivity contribution is 9.10. The van der Waals surface area contributed by atoms with Crippen molar-refractivity contribution in [3.8, 4) is 5.75 Å². The van der Waals surface area contributed by atoms with Crippen LogP contribution in [0.25, 0.3) is 0 Å². The van der Waals surface area contributed by atoms with Gasteiger partial charge in [-0.25, -0.2) is 0 Å². The monoisotopic (exact) mass is 314 g/mol. The van der Waals surface area contributed by atoms with E-state index in [0.717, 1.165) is 10.0 Å². The fraction of sp³-hybridized carbons (Fsp3) is 0.462. The van der Waals surface area contributed by atoms with Crippen LogP contribution in [0.1, 0.15) is 26.3 Å². The number of amides is 1. The fourth-order valence-electron chi connectivity index (χ4n) is 1.55. The van der Waals surface area contributed by atoms with Gasteiger partial charge in [0.25, 0.3) is 5.91 Å². The van der Waals surface area contributed by atoms with Gasteiger partial charge in [-0.1, -0.05) is 15.9 Å². The van der Waals surface area contributed by atoms with E-state index in [-0.39, 0.29) is 18.1 Å². The standard InChI is InChI=1S/C13H19BrN2O2/c1-8-5-9(14)6-10(15)12(8)18-7-11(17)16-13(2,3)4/h5-6H,7,15H2,1-4H3,(H,16,17). The summed E-state index contributed by atoms with van der Waals surface area (Å²) >= 11 is 3.35. The Morgan fingerprint density at radius 3 is 2.56 bits per heavy atom. The van der Waals surface area contributed by atoms with Crippen molar-refractivity contribution in [2.45, 2.75) is 33.2 Å². The summed E-state index contributed by atoms with van der Waals surface area (Å²) in [7, 11) is 0. The molecule has 0 radical (unpaired) electrons. The van der Waals surface area contributed by atoms with Gasteiger partial charge >= 0.3 is 0 Å². The Kier molecular flexibility index (Phi) is 4.62. The van der Waals surface area contributed by atoms with Crippen LogP contribution in [-0.2, 0) is 4.79 Å². The second kappa shape index (κ2) is 5.61. The van der Waals surface area contributed by atoms with E-state index in [1.54, 1.807) is 6.07 Å². The van der Waals surface area contributed by atoms with Gasteiger partial charge < -0.3 is 15.8 Å². The smallest absolute Gasteiger partial charge is 0.258 e. The highest BCUT2D eigenvalue weighted by Gasteiger charge is 2.15. The Balaban J connectivity index is 2.67. The quantitative estimate of drug-likeness (QED) is 0.843. The van der Waals surface area contributed by atoms with E-state index in [4.69, 9.17) is 10.5 Å². The van der Waals surface area contributed by atoms with Gasteiger partial charge in [0.15, 0.2) is 6.61 Å². The lowest BCUT2D eigenvalue weighted by Gasteiger charge is -2.21. The minimum atomic E-state index is -0.263. The molecule has 0 aromatic heterocycles. The number of carbonyl (C=O) groups is 1. The van der Waals surface area contributed by atoms with E-state index in [1.807, 2.05) is 33.8 Å². The first-order valence-electron chi connectivity index (χ1n) is 5.68. The molecule has 0 heterocycles. The Hall–Kier alpha value is -1.23. The lowest BCUT2D eigenvalue weighted by molar-refractivity contribution is -0.124. The number of hydrogen-bond acceptors (Lipinski definition) is 3. The molecule has 0 unspecified atom stereocenters. The first kappa shape index (κ1) is 14.8. The zero-order valence-corrected chi connectivity index (χ0v) is 12.7. The van der Waals surface area contributed by atoms with Crippen molar-refractivity contribution >= 4 is 27.5 Å². The van der Waals surface area contributed by atoms with E-state index in [2.05, 4.69) is 21.2 Å². The van der Waals surface area contributed by atoms with Gasteiger partial charge in [-0.3, -0.25) is 4.79 Å². The number of halogens is 1. The van der Waals surface area contributed by atoms with Gasteiger partial charge in [-0.2, -0.15) is 0 Å². The van der Waals surface area contributed by atoms with Crippen LogP contribution in [0.15, 0.2) is 16.6 Å². The Morgan fingerprint density at radius 1 is 1.44 bits per heavy atom. The second-order valence-electron chi connectivity index (χ2n) is 5.23. The predicted molar refractivity (Wildman–Crippen MR) is 76.7 cm³/mol. The summed E-state index contributed by atoms with van der Waals surface area (Å²) in [5.74, 6) is 0.395. The number of aryl methyl sites for hydroxylation is 1. The van der Waals surface area contributed by atoms with E-state index >= 15 is 0 Å². The average molecular weight is 315 g/mol. The minimum absolute atomic E-state index is 0.0378. The van der Waals surface area contributed by atoms with Crippen LogP contribution >= 0.6 is 15.9 Å². The molecule has 1 rings (SSSR count). The Bertz CT molecular complexity index is 430. The van der Waals surface area contributed by atoms with Gasteiger partial charge in [-0.05, 0) is 45.4 Å². The van der Waals surface area contributed by atoms with E-state index in [1.165, 1.54) is 0 Å². The SMILES string of the molecule is Cc1cc(Br)cc(N)c1OCC(=O)NC(C)(C)C. The third-order valence-electron chi connectivity index (χ3n) is 2.13. The normalized spacial score (nSPS) is 11.2. The summed E-state index contributed by atoms with van der Waals surface area (Å²) in [6, 6.07) is 3.65. The number of carbonyl (C=O) groups excluding carboxylic acids is 1. The maximum absolute atomic E-state index is 11.6. The Labute approximate surface area is 116 Å². The average Bonchev–Trinajstić information content (AvgIpc) is 2.12. The number of hydrogen-bond donors (Lipinski definition) is 2. The molecule has 3 N–H and O–H groups in total. The van der Waals surface area contributed by atoms with Crippen LogP contribution in [0.5, 0.6) is 5.75 Å². The van der Waals surface area contributed by atoms with Crippen molar-refractivity contribution in [1.82, 2.24) is 5.32 Å². The molecule has 4 nitrogen and oxygen atoms in total. The molecule has 1 aromatic rings. The summed E-state index contributed by atoms with van der Waals surface area (Å²) in [5, 5.41) is 2.83. The first-order chi connectivity index (χ1) is 8.19. The number of nitrogen functional groups attached to an aromatic ring is 1. The van der Waals surface area contributed by atoms with Gasteiger partial charge in [0.1, 0.15) is 5.75 Å². The largest absolute Gasteiger partial charge is 0.481 e. The third-order valence-corrected chi connectivity index (χ3v) is 2.59. The molecule has 18 heavy (non-hydrogen) atoms. The molecular weight excluding hydrogens is 296 g/mol. The van der Waals surface area contributed by atoms with Crippen LogP contribution in [0.3, 0.4) is 0 Å². The second-order valence-corrected chi connectivity index (χ2v) is 6.14. The van der Waals surface area contributed by atoms with E-state index in [0.29, 0.717) is 11.4 Å². The van der Waals surface area contributed by atoms with Gasteiger partial charge in [-0.15, -0.1) is 0 Å². The number of benzene rings is 1. The number of nitrogens with two attached hydrogens (primary N) is 1. The van der Waals surface area contributed by atoms with Crippen molar-refractivity contribution in [3.05, 3.63) is 22.2 Å². The highest BCUT2D eigenvalue weighted by atomic mass is 79.9. The number of nitrogens with one attached hydrogen (secondary N) is 1. The van der Waals surface area contributed by atoms with Gasteiger partial charge in [0, 0.05) is 10.0 Å². The van der Waals surface area contributed by atoms with Crippen molar-refractivity contribution in [1.29, 1.82) is 0 Å². The molecule has 0 aliphatic carbocycles. The van der Waals surface area contributed by atoms with Crippen LogP contribution in [0.4, 0.5) is 5.69 Å². The minimum Gasteiger partial charge on any atom is -0.481 e. The maximum atomic E-state index is 11.6. The summed E-state index contributed by atoms with van der Waals surface area (Å²) in [5.41, 5.74) is 7.00. The third kappa shape index (κ3) is 4.56. The van der Waals surface area contributed by atoms with Crippen molar-refractivity contribution < 1.29 is 9.53 Å². The molecule has 0 bridgehead atoms. The molecule has 0 aliphatic heterocycles. The summed E-state index contributed by atoms with van der Waals surface area (Å²) < 4.78 is 6.36. The van der Waals surface area contributed by atoms with E-state index in [9.17, 15) is 4.79 Å². The molecule has 0 saturated heterocycles. The summed E-state index contributed by atoms with van der Waals surface area (Å²) in [6.45, 7) is 7.61. The van der Waals surface area contributed by atoms with Crippen LogP contribution in [0, 0.1) is 6.92 Å². The van der Waals surface area contributed by atoms with Gasteiger partial charge in [0.05, 0.1) is 5.69 Å². The number of rotatable bonds is 3. The predicted octanol–water partition coefficient (Wildman–Crippen LogP) is 2.63. The lowest BCUT2D eigenvalue weighted by Crippen LogP contribution is -2.43. The molecule has 1 amide bonds. The van der Waals surface area contributed by atoms with Crippen molar-refractivity contribution in [3.63, 3.8) is 0 Å². The summed E-state index contributed by atoms with van der Waals surface area (Å²) in [4.78, 5) is 11.6. The van der Waals surface area contributed by atoms with Crippen LogP contribution in [-0.4, -0.2) is 18.1 Å². The first-order valence-corrected chi connectivity index (χ1v) is 6.48. The molecule has 5 heteroatoms. The fourth-order valence-corrected chi connectivity index (χ4v) is 2.14. The molecule has 0 aliphatic rings. The topological polar surface area (TPSA) is 64.3 Å². The maximum Gasteiger partial charge on any atom is 0.258 e. The van der Waals surface area contributed by atoms with E-state index < -0.39 is 0 Å². The molecule has 0 fully saturated rings. The van der Waals surface area contributed by atoms with Gasteiger partial charge in [0.2, 0.25) is 0 Å². The highest BCUT2D eigenvalue weighted by Crippen LogP contribution is 2.29. The molecular formula is C13H19BrN2O2. The zero-order chi connectivity index (χ0) is 13.9. The lowest BCUT2D eigenvalue weighted by atomic mass is 10.1. The Morgan fingerprint density at radius 2 is 2.06 bits per heavy atom.